The molecule has 0 atom stereocenters. The van der Waals surface area contributed by atoms with Crippen molar-refractivity contribution in [3.05, 3.63) is 120 Å². The lowest BCUT2D eigenvalue weighted by Gasteiger charge is -2.26. The molecule has 9 nitrogen and oxygen atoms in total. The summed E-state index contributed by atoms with van der Waals surface area (Å²) in [5.41, 5.74) is 3.52. The SMILES string of the molecule is O=C(O)CN(CC(=O)OCc1ccccc1)C(=O)/C=C/CO.c1ccc(CN(CCOC2CCCCC2)Cc2ccccc2)cc1. The molecule has 0 bridgehead atoms. The first-order valence-corrected chi connectivity index (χ1v) is 15.8. The molecule has 0 saturated heterocycles. The Morgan fingerprint density at radius 2 is 1.30 bits per heavy atom. The highest BCUT2D eigenvalue weighted by atomic mass is 16.5. The normalized spacial score (nSPS) is 13.2. The van der Waals surface area contributed by atoms with Crippen LogP contribution < -0.4 is 0 Å². The fourth-order valence-corrected chi connectivity index (χ4v) is 5.05. The van der Waals surface area contributed by atoms with Crippen molar-refractivity contribution in [3.63, 3.8) is 0 Å². The first-order chi connectivity index (χ1) is 22.4. The van der Waals surface area contributed by atoms with Crippen molar-refractivity contribution in [1.29, 1.82) is 0 Å². The zero-order chi connectivity index (χ0) is 32.8. The van der Waals surface area contributed by atoms with Crippen LogP contribution in [0.15, 0.2) is 103 Å². The predicted molar refractivity (Wildman–Crippen MR) is 177 cm³/mol. The number of rotatable bonds is 16. The third kappa shape index (κ3) is 15.1. The van der Waals surface area contributed by atoms with Crippen LogP contribution in [0.1, 0.15) is 48.8 Å². The van der Waals surface area contributed by atoms with E-state index in [2.05, 4.69) is 65.6 Å². The summed E-state index contributed by atoms with van der Waals surface area (Å²) in [4.78, 5) is 37.5. The third-order valence-corrected chi connectivity index (χ3v) is 7.38. The molecule has 3 aromatic carbocycles. The fraction of sp³-hybridized carbons (Fsp3) is 0.378. The van der Waals surface area contributed by atoms with E-state index in [1.165, 1.54) is 43.2 Å². The van der Waals surface area contributed by atoms with E-state index in [-0.39, 0.29) is 13.2 Å². The largest absolute Gasteiger partial charge is 0.480 e. The summed E-state index contributed by atoms with van der Waals surface area (Å²) in [6, 6.07) is 30.4. The van der Waals surface area contributed by atoms with Gasteiger partial charge in [0.25, 0.3) is 0 Å². The molecule has 1 aliphatic rings. The van der Waals surface area contributed by atoms with E-state index in [0.29, 0.717) is 6.10 Å². The van der Waals surface area contributed by atoms with Crippen molar-refractivity contribution in [1.82, 2.24) is 9.80 Å². The number of hydrogen-bond donors (Lipinski definition) is 2. The third-order valence-electron chi connectivity index (χ3n) is 7.38. The number of carboxylic acid groups (broad SMARTS) is 1. The van der Waals surface area contributed by atoms with E-state index in [9.17, 15) is 14.4 Å². The summed E-state index contributed by atoms with van der Waals surface area (Å²) < 4.78 is 11.1. The van der Waals surface area contributed by atoms with Crippen LogP contribution in [0.2, 0.25) is 0 Å². The van der Waals surface area contributed by atoms with Gasteiger partial charge in [0, 0.05) is 25.7 Å². The van der Waals surface area contributed by atoms with E-state index in [0.717, 1.165) is 48.9 Å². The molecule has 1 aliphatic carbocycles. The Balaban J connectivity index is 0.000000252. The van der Waals surface area contributed by atoms with Gasteiger partial charge in [-0.25, -0.2) is 0 Å². The summed E-state index contributed by atoms with van der Waals surface area (Å²) in [6.45, 7) is 2.35. The number of nitrogens with zero attached hydrogens (tertiary/aromatic N) is 2. The lowest BCUT2D eigenvalue weighted by atomic mass is 9.98. The maximum atomic E-state index is 11.7. The van der Waals surface area contributed by atoms with Crippen molar-refractivity contribution < 1.29 is 34.1 Å². The first kappa shape index (κ1) is 36.2. The van der Waals surface area contributed by atoms with E-state index in [4.69, 9.17) is 19.7 Å². The second-order valence-corrected chi connectivity index (χ2v) is 11.1. The average Bonchev–Trinajstić information content (AvgIpc) is 3.08. The highest BCUT2D eigenvalue weighted by Crippen LogP contribution is 2.20. The fourth-order valence-electron chi connectivity index (χ4n) is 5.05. The van der Waals surface area contributed by atoms with Gasteiger partial charge in [0.1, 0.15) is 19.7 Å². The second kappa shape index (κ2) is 21.4. The Morgan fingerprint density at radius 1 is 0.761 bits per heavy atom. The van der Waals surface area contributed by atoms with Crippen LogP contribution >= 0.6 is 0 Å². The van der Waals surface area contributed by atoms with Crippen LogP contribution in [0.3, 0.4) is 0 Å². The second-order valence-electron chi connectivity index (χ2n) is 11.1. The molecule has 0 radical (unpaired) electrons. The van der Waals surface area contributed by atoms with Gasteiger partial charge in [-0.2, -0.15) is 0 Å². The van der Waals surface area contributed by atoms with Gasteiger partial charge in [-0.3, -0.25) is 19.3 Å². The zero-order valence-electron chi connectivity index (χ0n) is 26.4. The van der Waals surface area contributed by atoms with Gasteiger partial charge in [-0.15, -0.1) is 0 Å². The molecule has 0 aromatic heterocycles. The molecule has 3 aromatic rings. The van der Waals surface area contributed by atoms with E-state index in [1.807, 2.05) is 6.07 Å². The first-order valence-electron chi connectivity index (χ1n) is 15.8. The van der Waals surface area contributed by atoms with E-state index in [1.54, 1.807) is 24.3 Å². The molecule has 4 rings (SSSR count). The Bertz CT molecular complexity index is 1270. The van der Waals surface area contributed by atoms with Gasteiger partial charge < -0.3 is 24.6 Å². The number of carboxylic acids is 1. The van der Waals surface area contributed by atoms with Gasteiger partial charge in [-0.05, 0) is 29.5 Å². The Hall–Kier alpha value is -4.31. The van der Waals surface area contributed by atoms with Crippen molar-refractivity contribution in [2.24, 2.45) is 0 Å². The minimum Gasteiger partial charge on any atom is -0.480 e. The van der Waals surface area contributed by atoms with Crippen LogP contribution in [0.4, 0.5) is 0 Å². The molecular weight excluding hydrogens is 584 g/mol. The molecule has 246 valence electrons. The molecule has 9 heteroatoms. The lowest BCUT2D eigenvalue weighted by Crippen LogP contribution is -2.39. The Labute approximate surface area is 272 Å². The average molecular weight is 631 g/mol. The van der Waals surface area contributed by atoms with Crippen LogP contribution in [-0.4, -0.2) is 76.8 Å². The molecular formula is C37H46N2O7. The summed E-state index contributed by atoms with van der Waals surface area (Å²) in [5, 5.41) is 17.4. The van der Waals surface area contributed by atoms with Crippen molar-refractivity contribution in [2.75, 3.05) is 32.8 Å². The topological polar surface area (TPSA) is 117 Å². The maximum Gasteiger partial charge on any atom is 0.326 e. The number of benzene rings is 3. The van der Waals surface area contributed by atoms with E-state index < -0.39 is 30.9 Å². The Kier molecular flexibility index (Phi) is 16.8. The van der Waals surface area contributed by atoms with Crippen LogP contribution in [-0.2, 0) is 43.6 Å². The molecule has 0 heterocycles. The number of esters is 1. The van der Waals surface area contributed by atoms with Crippen molar-refractivity contribution in [2.45, 2.75) is 57.9 Å². The zero-order valence-corrected chi connectivity index (χ0v) is 26.4. The molecule has 2 N–H and O–H groups in total. The number of amides is 1. The van der Waals surface area contributed by atoms with Gasteiger partial charge in [0.15, 0.2) is 0 Å². The minimum absolute atomic E-state index is 0.0429. The summed E-state index contributed by atoms with van der Waals surface area (Å²) in [5.74, 6) is -2.65. The molecule has 1 amide bonds. The summed E-state index contributed by atoms with van der Waals surface area (Å²) in [7, 11) is 0. The van der Waals surface area contributed by atoms with Gasteiger partial charge in [-0.1, -0.05) is 116 Å². The van der Waals surface area contributed by atoms with Gasteiger partial charge in [0.05, 0.1) is 19.3 Å². The van der Waals surface area contributed by atoms with Crippen molar-refractivity contribution in [3.8, 4) is 0 Å². The standard InChI is InChI=1S/C22H29NO.C15H17NO6/c1-4-10-20(11-5-1)18-23(19-21-12-6-2-7-13-21)16-17-24-22-14-8-3-9-15-22;17-8-4-7-13(18)16(9-14(19)20)10-15(21)22-11-12-5-2-1-3-6-12/h1-2,4-7,10-13,22H,3,8-9,14-19H2;1-7,17H,8-11H2,(H,19,20)/b;7-4+. The number of aliphatic carboxylic acids is 1. The van der Waals surface area contributed by atoms with Crippen LogP contribution in [0.25, 0.3) is 0 Å². The maximum absolute atomic E-state index is 11.7. The quantitative estimate of drug-likeness (QED) is 0.163. The Morgan fingerprint density at radius 3 is 1.83 bits per heavy atom. The van der Waals surface area contributed by atoms with Gasteiger partial charge in [0.2, 0.25) is 5.91 Å². The number of hydrogen-bond acceptors (Lipinski definition) is 7. The van der Waals surface area contributed by atoms with Crippen LogP contribution in [0, 0.1) is 0 Å². The molecule has 1 fully saturated rings. The summed E-state index contributed by atoms with van der Waals surface area (Å²) >= 11 is 0. The number of carbonyl (C=O) groups is 3. The monoisotopic (exact) mass is 630 g/mol. The van der Waals surface area contributed by atoms with Gasteiger partial charge >= 0.3 is 11.9 Å². The number of ether oxygens (including phenoxy) is 2. The van der Waals surface area contributed by atoms with E-state index >= 15 is 0 Å². The van der Waals surface area contributed by atoms with Crippen LogP contribution in [0.5, 0.6) is 0 Å². The van der Waals surface area contributed by atoms with Crippen molar-refractivity contribution >= 4 is 17.8 Å². The number of aliphatic hydroxyl groups excluding tert-OH is 1. The smallest absolute Gasteiger partial charge is 0.326 e. The predicted octanol–water partition coefficient (Wildman–Crippen LogP) is 5.23. The molecule has 0 unspecified atom stereocenters. The molecule has 1 saturated carbocycles. The number of carbonyl (C=O) groups excluding carboxylic acids is 2. The molecule has 0 spiro atoms. The lowest BCUT2D eigenvalue weighted by molar-refractivity contribution is -0.151. The highest BCUT2D eigenvalue weighted by molar-refractivity contribution is 5.92. The molecule has 46 heavy (non-hydrogen) atoms. The molecule has 0 aliphatic heterocycles. The number of aliphatic hydroxyl groups is 1. The minimum atomic E-state index is -1.25. The summed E-state index contributed by atoms with van der Waals surface area (Å²) in [6.07, 6.45) is 9.21. The highest BCUT2D eigenvalue weighted by Gasteiger charge is 2.19.